The molecule has 0 spiro atoms. The number of rotatable bonds is 44. The van der Waals surface area contributed by atoms with Gasteiger partial charge in [-0.2, -0.15) is 0 Å². The fraction of sp³-hybridized carbons (Fsp3) is 0.950. The van der Waals surface area contributed by atoms with Crippen LogP contribution in [0.15, 0.2) is 0 Å². The van der Waals surface area contributed by atoms with Crippen molar-refractivity contribution >= 4 is 63.0 Å². The molecule has 0 aliphatic rings. The molecule has 0 atom stereocenters. The highest BCUT2D eigenvalue weighted by Gasteiger charge is 2.00. The highest BCUT2D eigenvalue weighted by molar-refractivity contribution is 9.35. The van der Waals surface area contributed by atoms with Crippen LogP contribution >= 0.6 is 51.1 Å². The Hall–Kier alpha value is 0.690. The summed E-state index contributed by atoms with van der Waals surface area (Å²) >= 11 is 0. The molecule has 292 valence electrons. The molecule has 0 rings (SSSR count). The van der Waals surface area contributed by atoms with E-state index in [0.717, 1.165) is 25.7 Å². The van der Waals surface area contributed by atoms with Crippen molar-refractivity contribution in [1.29, 1.82) is 0 Å². The van der Waals surface area contributed by atoms with Crippen molar-refractivity contribution < 1.29 is 19.8 Å². The maximum atomic E-state index is 10.5. The van der Waals surface area contributed by atoms with Crippen molar-refractivity contribution in [2.24, 2.45) is 0 Å². The van der Waals surface area contributed by atoms with Crippen molar-refractivity contribution in [1.82, 2.24) is 0 Å². The molecule has 0 aromatic heterocycles. The molecule has 49 heavy (non-hydrogen) atoms. The molecule has 0 saturated heterocycles. The molecule has 0 heterocycles. The Kier molecular flexibility index (Phi) is 45.5. The molecule has 0 fully saturated rings. The molecule has 0 amide bonds. The topological polar surface area (TPSA) is 74.6 Å². The maximum absolute atomic E-state index is 10.5. The van der Waals surface area contributed by atoms with Gasteiger partial charge in [-0.3, -0.25) is 9.59 Å². The highest BCUT2D eigenvalue weighted by Crippen LogP contribution is 2.48. The van der Waals surface area contributed by atoms with Crippen LogP contribution in [-0.2, 0) is 9.59 Å². The van der Waals surface area contributed by atoms with Crippen molar-refractivity contribution in [2.45, 2.75) is 231 Å². The third-order valence-electron chi connectivity index (χ3n) is 9.39. The smallest absolute Gasteiger partial charge is 0.303 e. The van der Waals surface area contributed by atoms with Gasteiger partial charge in [-0.15, -0.1) is 0 Å². The van der Waals surface area contributed by atoms with Gasteiger partial charge in [-0.25, -0.2) is 0 Å². The fourth-order valence-electron chi connectivity index (χ4n) is 6.30. The lowest BCUT2D eigenvalue weighted by Crippen LogP contribution is -1.93. The first-order valence-corrected chi connectivity index (χ1v) is 27.3. The van der Waals surface area contributed by atoms with Gasteiger partial charge in [0.05, 0.1) is 0 Å². The molecule has 0 aliphatic heterocycles. The maximum Gasteiger partial charge on any atom is 0.303 e. The Morgan fingerprint density at radius 2 is 0.449 bits per heavy atom. The summed E-state index contributed by atoms with van der Waals surface area (Å²) in [7, 11) is 10.0. The van der Waals surface area contributed by atoms with Gasteiger partial charge in [0, 0.05) is 24.3 Å². The molecule has 9 heteroatoms. The summed E-state index contributed by atoms with van der Waals surface area (Å²) < 4.78 is 0. The SMILES string of the molecule is O=C(O)CCCCCCCCCCCCCCCCCCCSSSSSCCCCCCCCCCCCCCCCCCCC(=O)O. The Morgan fingerprint density at radius 1 is 0.265 bits per heavy atom. The molecule has 0 saturated carbocycles. The van der Waals surface area contributed by atoms with E-state index < -0.39 is 11.9 Å². The van der Waals surface area contributed by atoms with Gasteiger partial charge in [-0.1, -0.05) is 214 Å². The lowest BCUT2D eigenvalue weighted by Gasteiger charge is -2.04. The third kappa shape index (κ3) is 48.7. The summed E-state index contributed by atoms with van der Waals surface area (Å²) in [4.78, 5) is 21.0. The largest absolute Gasteiger partial charge is 0.481 e. The van der Waals surface area contributed by atoms with E-state index in [9.17, 15) is 9.59 Å². The second kappa shape index (κ2) is 44.8. The molecular formula is C40H78O4S5. The summed E-state index contributed by atoms with van der Waals surface area (Å²) in [5.41, 5.74) is 0. The zero-order valence-electron chi connectivity index (χ0n) is 31.6. The standard InChI is InChI=1S/C40H78O4S5/c41-39(42)35-31-27-23-19-15-11-7-3-1-5-9-13-17-21-25-29-33-37-45-47-49-48-46-38-34-30-26-22-18-14-10-6-2-4-8-12-16-20-24-28-32-36-40(43)44/h1-38H2,(H,41,42)(H,43,44). The second-order valence-electron chi connectivity index (χ2n) is 14.2. The molecule has 0 aliphatic carbocycles. The predicted octanol–water partition coefficient (Wildman–Crippen LogP) is 16.5. The first kappa shape index (κ1) is 49.7. The number of hydrogen-bond acceptors (Lipinski definition) is 7. The van der Waals surface area contributed by atoms with Crippen LogP contribution < -0.4 is 0 Å². The summed E-state index contributed by atoms with van der Waals surface area (Å²) in [6, 6.07) is 0. The summed E-state index contributed by atoms with van der Waals surface area (Å²) in [6.07, 6.45) is 45.9. The number of carbonyl (C=O) groups is 2. The molecule has 0 bridgehead atoms. The van der Waals surface area contributed by atoms with Gasteiger partial charge in [-0.05, 0) is 55.2 Å². The van der Waals surface area contributed by atoms with Crippen molar-refractivity contribution in [2.75, 3.05) is 11.5 Å². The molecular weight excluding hydrogens is 705 g/mol. The summed E-state index contributed by atoms with van der Waals surface area (Å²) in [5, 5.41) is 17.3. The quantitative estimate of drug-likeness (QED) is 0.0464. The van der Waals surface area contributed by atoms with Crippen LogP contribution in [0.1, 0.15) is 231 Å². The highest BCUT2D eigenvalue weighted by atomic mass is 33.8. The number of aliphatic carboxylic acids is 2. The van der Waals surface area contributed by atoms with Gasteiger partial charge >= 0.3 is 11.9 Å². The van der Waals surface area contributed by atoms with E-state index in [-0.39, 0.29) is 0 Å². The van der Waals surface area contributed by atoms with Gasteiger partial charge in [0.1, 0.15) is 0 Å². The van der Waals surface area contributed by atoms with Crippen molar-refractivity contribution in [3.05, 3.63) is 0 Å². The van der Waals surface area contributed by atoms with Crippen molar-refractivity contribution in [3.63, 3.8) is 0 Å². The van der Waals surface area contributed by atoms with Gasteiger partial charge in [0.25, 0.3) is 0 Å². The Bertz CT molecular complexity index is 617. The second-order valence-corrected chi connectivity index (χ2v) is 22.2. The van der Waals surface area contributed by atoms with Gasteiger partial charge in [0.2, 0.25) is 0 Å². The molecule has 2 N–H and O–H groups in total. The van der Waals surface area contributed by atoms with Gasteiger partial charge < -0.3 is 10.2 Å². The van der Waals surface area contributed by atoms with E-state index in [0.29, 0.717) is 12.8 Å². The molecule has 4 nitrogen and oxygen atoms in total. The van der Waals surface area contributed by atoms with Crippen molar-refractivity contribution in [3.8, 4) is 0 Å². The Labute approximate surface area is 323 Å². The molecule has 0 radical (unpaired) electrons. The summed E-state index contributed by atoms with van der Waals surface area (Å²) in [5.74, 6) is 1.29. The number of carboxylic acids is 2. The Morgan fingerprint density at radius 3 is 0.653 bits per heavy atom. The van der Waals surface area contributed by atoms with E-state index in [2.05, 4.69) is 0 Å². The van der Waals surface area contributed by atoms with E-state index in [4.69, 9.17) is 10.2 Å². The van der Waals surface area contributed by atoms with E-state index in [1.165, 1.54) is 204 Å². The molecule has 0 aromatic rings. The lowest BCUT2D eigenvalue weighted by atomic mass is 10.0. The van der Waals surface area contributed by atoms with Crippen LogP contribution in [0.25, 0.3) is 0 Å². The van der Waals surface area contributed by atoms with Crippen LogP contribution in [0.2, 0.25) is 0 Å². The summed E-state index contributed by atoms with van der Waals surface area (Å²) in [6.45, 7) is 0. The predicted molar refractivity (Wildman–Crippen MR) is 229 cm³/mol. The van der Waals surface area contributed by atoms with E-state index in [1.807, 2.05) is 51.1 Å². The van der Waals surface area contributed by atoms with E-state index >= 15 is 0 Å². The van der Waals surface area contributed by atoms with Crippen LogP contribution in [0.5, 0.6) is 0 Å². The normalized spacial score (nSPS) is 11.4. The average Bonchev–Trinajstić information content (AvgIpc) is 3.08. The lowest BCUT2D eigenvalue weighted by molar-refractivity contribution is -0.138. The van der Waals surface area contributed by atoms with Crippen LogP contribution in [0, 0.1) is 0 Å². The zero-order valence-corrected chi connectivity index (χ0v) is 35.7. The fourth-order valence-corrected chi connectivity index (χ4v) is 15.3. The first-order valence-electron chi connectivity index (χ1n) is 20.8. The van der Waals surface area contributed by atoms with Gasteiger partial charge in [0.15, 0.2) is 0 Å². The van der Waals surface area contributed by atoms with Crippen LogP contribution in [0.3, 0.4) is 0 Å². The van der Waals surface area contributed by atoms with E-state index in [1.54, 1.807) is 0 Å². The minimum Gasteiger partial charge on any atom is -0.481 e. The number of unbranched alkanes of at least 4 members (excludes halogenated alkanes) is 32. The Balaban J connectivity index is 3.05. The third-order valence-corrected chi connectivity index (χ3v) is 18.2. The van der Waals surface area contributed by atoms with Crippen LogP contribution in [-0.4, -0.2) is 33.7 Å². The number of carboxylic acid groups (broad SMARTS) is 2. The molecule has 0 unspecified atom stereocenters. The minimum atomic E-state index is -0.654. The van der Waals surface area contributed by atoms with Crippen LogP contribution in [0.4, 0.5) is 0 Å². The number of hydrogen-bond donors (Lipinski definition) is 2. The zero-order chi connectivity index (χ0) is 35.6. The average molecular weight is 783 g/mol. The monoisotopic (exact) mass is 782 g/mol. The minimum absolute atomic E-state index is 0.339. The first-order chi connectivity index (χ1) is 24.1. The molecule has 0 aromatic carbocycles.